The van der Waals surface area contributed by atoms with Crippen molar-refractivity contribution in [2.24, 2.45) is 5.92 Å². The van der Waals surface area contributed by atoms with Gasteiger partial charge in [0.2, 0.25) is 5.91 Å². The molecule has 4 heteroatoms. The van der Waals surface area contributed by atoms with Gasteiger partial charge in [-0.3, -0.25) is 4.79 Å². The first kappa shape index (κ1) is 12.9. The lowest BCUT2D eigenvalue weighted by Crippen LogP contribution is -2.24. The molecule has 1 N–H and O–H groups in total. The molecule has 1 aromatic heterocycles. The molecule has 0 aliphatic carbocycles. The lowest BCUT2D eigenvalue weighted by Gasteiger charge is -2.16. The number of rotatable bonds is 5. The van der Waals surface area contributed by atoms with E-state index in [0.29, 0.717) is 12.5 Å². The van der Waals surface area contributed by atoms with E-state index in [1.54, 1.807) is 0 Å². The highest BCUT2D eigenvalue weighted by molar-refractivity contribution is 5.78. The maximum atomic E-state index is 11.9. The Kier molecular flexibility index (Phi) is 4.18. The highest BCUT2D eigenvalue weighted by atomic mass is 16.2. The second-order valence-corrected chi connectivity index (χ2v) is 4.93. The number of hydrogen-bond acceptors (Lipinski definition) is 3. The quantitative estimate of drug-likeness (QED) is 0.868. The summed E-state index contributed by atoms with van der Waals surface area (Å²) in [6, 6.07) is 3.97. The van der Waals surface area contributed by atoms with Crippen LogP contribution < -0.4 is 5.32 Å². The number of pyridine rings is 1. The number of aromatic nitrogens is 1. The molecule has 1 aliphatic heterocycles. The minimum Gasteiger partial charge on any atom is -0.373 e. The van der Waals surface area contributed by atoms with E-state index >= 15 is 0 Å². The standard InChI is InChI=1S/C14H21N3O/c1-3-4-11-7-14(18)17(9-11)10-12-5-6-13(15-2)16-8-12/h5-6,8,11H,3-4,7,9-10H2,1-2H3,(H,15,16). The summed E-state index contributed by atoms with van der Waals surface area (Å²) in [4.78, 5) is 18.1. The average molecular weight is 247 g/mol. The molecule has 1 aliphatic rings. The van der Waals surface area contributed by atoms with Gasteiger partial charge in [-0.1, -0.05) is 19.4 Å². The topological polar surface area (TPSA) is 45.2 Å². The van der Waals surface area contributed by atoms with E-state index in [1.165, 1.54) is 0 Å². The molecule has 0 saturated carbocycles. The van der Waals surface area contributed by atoms with Crippen molar-refractivity contribution in [3.05, 3.63) is 23.9 Å². The second kappa shape index (κ2) is 5.85. The number of nitrogens with zero attached hydrogens (tertiary/aromatic N) is 2. The Balaban J connectivity index is 1.94. The molecule has 0 aromatic carbocycles. The fourth-order valence-electron chi connectivity index (χ4n) is 2.49. The molecular formula is C14H21N3O. The fourth-order valence-corrected chi connectivity index (χ4v) is 2.49. The summed E-state index contributed by atoms with van der Waals surface area (Å²) in [5.41, 5.74) is 1.10. The second-order valence-electron chi connectivity index (χ2n) is 4.93. The maximum absolute atomic E-state index is 11.9. The minimum atomic E-state index is 0.283. The van der Waals surface area contributed by atoms with E-state index in [4.69, 9.17) is 0 Å². The Labute approximate surface area is 108 Å². The molecule has 2 rings (SSSR count). The van der Waals surface area contributed by atoms with Crippen molar-refractivity contribution < 1.29 is 4.79 Å². The number of amides is 1. The maximum Gasteiger partial charge on any atom is 0.223 e. The van der Waals surface area contributed by atoms with Gasteiger partial charge in [-0.25, -0.2) is 4.98 Å². The van der Waals surface area contributed by atoms with Gasteiger partial charge in [0.25, 0.3) is 0 Å². The van der Waals surface area contributed by atoms with Crippen LogP contribution in [0.15, 0.2) is 18.3 Å². The fraction of sp³-hybridized carbons (Fsp3) is 0.571. The van der Waals surface area contributed by atoms with Crippen molar-refractivity contribution >= 4 is 11.7 Å². The first-order valence-corrected chi connectivity index (χ1v) is 6.63. The minimum absolute atomic E-state index is 0.283. The third kappa shape index (κ3) is 3.00. The highest BCUT2D eigenvalue weighted by Crippen LogP contribution is 2.23. The van der Waals surface area contributed by atoms with Crippen LogP contribution in [-0.2, 0) is 11.3 Å². The Morgan fingerprint density at radius 2 is 2.33 bits per heavy atom. The highest BCUT2D eigenvalue weighted by Gasteiger charge is 2.28. The van der Waals surface area contributed by atoms with Crippen LogP contribution in [0.1, 0.15) is 31.7 Å². The molecule has 1 unspecified atom stereocenters. The summed E-state index contributed by atoms with van der Waals surface area (Å²) >= 11 is 0. The van der Waals surface area contributed by atoms with Crippen molar-refractivity contribution in [3.8, 4) is 0 Å². The molecule has 0 radical (unpaired) electrons. The van der Waals surface area contributed by atoms with Crippen LogP contribution in [0.3, 0.4) is 0 Å². The van der Waals surface area contributed by atoms with Crippen molar-refractivity contribution in [2.75, 3.05) is 18.9 Å². The molecule has 4 nitrogen and oxygen atoms in total. The van der Waals surface area contributed by atoms with E-state index in [0.717, 1.165) is 37.2 Å². The molecule has 1 atom stereocenters. The number of nitrogens with one attached hydrogen (secondary N) is 1. The van der Waals surface area contributed by atoms with E-state index in [9.17, 15) is 4.79 Å². The molecular weight excluding hydrogens is 226 g/mol. The zero-order valence-electron chi connectivity index (χ0n) is 11.1. The van der Waals surface area contributed by atoms with Gasteiger partial charge in [0.1, 0.15) is 5.82 Å². The van der Waals surface area contributed by atoms with Crippen LogP contribution in [0, 0.1) is 5.92 Å². The van der Waals surface area contributed by atoms with E-state index in [2.05, 4.69) is 17.2 Å². The normalized spacial score (nSPS) is 19.3. The molecule has 0 spiro atoms. The number of likely N-dealkylation sites (tertiary alicyclic amines) is 1. The summed E-state index contributed by atoms with van der Waals surface area (Å²) in [7, 11) is 1.85. The van der Waals surface area contributed by atoms with Crippen molar-refractivity contribution in [2.45, 2.75) is 32.7 Å². The van der Waals surface area contributed by atoms with Gasteiger partial charge in [0.05, 0.1) is 0 Å². The summed E-state index contributed by atoms with van der Waals surface area (Å²) in [6.07, 6.45) is 4.87. The molecule has 0 bridgehead atoms. The predicted octanol–water partition coefficient (Wildman–Crippen LogP) is 2.27. The summed E-state index contributed by atoms with van der Waals surface area (Å²) in [5, 5.41) is 2.99. The number of anilines is 1. The molecule has 1 amide bonds. The lowest BCUT2D eigenvalue weighted by atomic mass is 10.0. The van der Waals surface area contributed by atoms with Crippen LogP contribution in [0.4, 0.5) is 5.82 Å². The molecule has 18 heavy (non-hydrogen) atoms. The van der Waals surface area contributed by atoms with Crippen LogP contribution in [-0.4, -0.2) is 29.4 Å². The van der Waals surface area contributed by atoms with Gasteiger partial charge in [-0.2, -0.15) is 0 Å². The van der Waals surface area contributed by atoms with E-state index in [1.807, 2.05) is 30.3 Å². The van der Waals surface area contributed by atoms with Gasteiger partial charge in [0.15, 0.2) is 0 Å². The van der Waals surface area contributed by atoms with Gasteiger partial charge >= 0.3 is 0 Å². The predicted molar refractivity (Wildman–Crippen MR) is 72.2 cm³/mol. The van der Waals surface area contributed by atoms with Crippen LogP contribution in [0.2, 0.25) is 0 Å². The Morgan fingerprint density at radius 3 is 2.94 bits per heavy atom. The summed E-state index contributed by atoms with van der Waals surface area (Å²) < 4.78 is 0. The SMILES string of the molecule is CCCC1CC(=O)N(Cc2ccc(NC)nc2)C1. The average Bonchev–Trinajstić information content (AvgIpc) is 2.71. The largest absolute Gasteiger partial charge is 0.373 e. The summed E-state index contributed by atoms with van der Waals surface area (Å²) in [5.74, 6) is 1.69. The third-order valence-corrected chi connectivity index (χ3v) is 3.45. The number of hydrogen-bond donors (Lipinski definition) is 1. The monoisotopic (exact) mass is 247 g/mol. The molecule has 1 saturated heterocycles. The smallest absolute Gasteiger partial charge is 0.223 e. The molecule has 2 heterocycles. The Morgan fingerprint density at radius 1 is 1.50 bits per heavy atom. The Bertz CT molecular complexity index is 402. The van der Waals surface area contributed by atoms with Crippen molar-refractivity contribution in [1.29, 1.82) is 0 Å². The van der Waals surface area contributed by atoms with Crippen molar-refractivity contribution in [1.82, 2.24) is 9.88 Å². The summed E-state index contributed by atoms with van der Waals surface area (Å²) in [6.45, 7) is 3.77. The van der Waals surface area contributed by atoms with Crippen LogP contribution >= 0.6 is 0 Å². The van der Waals surface area contributed by atoms with Crippen LogP contribution in [0.25, 0.3) is 0 Å². The number of carbonyl (C=O) groups is 1. The van der Waals surface area contributed by atoms with E-state index < -0.39 is 0 Å². The molecule has 1 aromatic rings. The van der Waals surface area contributed by atoms with Crippen LogP contribution in [0.5, 0.6) is 0 Å². The Hall–Kier alpha value is -1.58. The van der Waals surface area contributed by atoms with E-state index in [-0.39, 0.29) is 5.91 Å². The zero-order chi connectivity index (χ0) is 13.0. The van der Waals surface area contributed by atoms with Gasteiger partial charge in [0, 0.05) is 32.8 Å². The van der Waals surface area contributed by atoms with Gasteiger partial charge in [-0.05, 0) is 24.0 Å². The lowest BCUT2D eigenvalue weighted by molar-refractivity contribution is -0.128. The zero-order valence-corrected chi connectivity index (χ0v) is 11.1. The van der Waals surface area contributed by atoms with Gasteiger partial charge in [-0.15, -0.1) is 0 Å². The molecule has 98 valence electrons. The first-order chi connectivity index (χ1) is 8.72. The molecule has 1 fully saturated rings. The third-order valence-electron chi connectivity index (χ3n) is 3.45. The first-order valence-electron chi connectivity index (χ1n) is 6.63. The van der Waals surface area contributed by atoms with Crippen molar-refractivity contribution in [3.63, 3.8) is 0 Å². The van der Waals surface area contributed by atoms with Gasteiger partial charge < -0.3 is 10.2 Å². The number of carbonyl (C=O) groups excluding carboxylic acids is 1.